The minimum absolute atomic E-state index is 0.127. The Bertz CT molecular complexity index is 292. The van der Waals surface area contributed by atoms with Gasteiger partial charge in [-0.3, -0.25) is 10.1 Å². The van der Waals surface area contributed by atoms with Crippen LogP contribution in [0.2, 0.25) is 0 Å². The fourth-order valence-electron chi connectivity index (χ4n) is 0.523. The lowest BCUT2D eigenvalue weighted by Gasteiger charge is -2.01. The Morgan fingerprint density at radius 1 is 1.57 bits per heavy atom. The number of amides is 2. The molecule has 0 saturated heterocycles. The minimum Gasteiger partial charge on any atom is -0.450 e. The first-order chi connectivity index (χ1) is 6.65. The predicted molar refractivity (Wildman–Crippen MR) is 45.2 cm³/mol. The molecule has 0 aromatic heterocycles. The summed E-state index contributed by atoms with van der Waals surface area (Å²) in [5.41, 5.74) is -0.555. The Hall–Kier alpha value is -2.10. The average Bonchev–Trinajstić information content (AvgIpc) is 2.14. The molecular weight excluding hydrogens is 190 g/mol. The third-order valence-corrected chi connectivity index (χ3v) is 0.995. The van der Waals surface area contributed by atoms with Crippen LogP contribution in [0.5, 0.6) is 0 Å². The molecule has 2 amide bonds. The van der Waals surface area contributed by atoms with Crippen molar-refractivity contribution in [3.8, 4) is 6.07 Å². The summed E-state index contributed by atoms with van der Waals surface area (Å²) in [5, 5.41) is 13.3. The number of alkyl carbamates (subject to hydrolysis) is 1. The lowest BCUT2D eigenvalue weighted by molar-refractivity contribution is -0.114. The van der Waals surface area contributed by atoms with Gasteiger partial charge in [-0.15, -0.1) is 0 Å². The van der Waals surface area contributed by atoms with Crippen LogP contribution in [0.25, 0.3) is 0 Å². The van der Waals surface area contributed by atoms with Gasteiger partial charge < -0.3 is 9.57 Å². The summed E-state index contributed by atoms with van der Waals surface area (Å²) in [7, 11) is 1.18. The maximum absolute atomic E-state index is 11.0. The van der Waals surface area contributed by atoms with Crippen LogP contribution in [-0.4, -0.2) is 31.4 Å². The molecule has 0 heterocycles. The Kier molecular flexibility index (Phi) is 5.46. The number of ether oxygens (including phenoxy) is 1. The fraction of sp³-hybridized carbons (Fsp3) is 0.429. The van der Waals surface area contributed by atoms with E-state index in [1.807, 2.05) is 0 Å². The molecule has 0 rings (SSSR count). The summed E-state index contributed by atoms with van der Waals surface area (Å²) in [6.07, 6.45) is -0.934. The van der Waals surface area contributed by atoms with Crippen molar-refractivity contribution in [1.82, 2.24) is 5.32 Å². The number of carbonyl (C=O) groups is 2. The third kappa shape index (κ3) is 4.06. The molecule has 0 aliphatic carbocycles. The van der Waals surface area contributed by atoms with Crippen molar-refractivity contribution in [3.05, 3.63) is 0 Å². The maximum Gasteiger partial charge on any atom is 0.414 e. The molecule has 0 saturated carbocycles. The monoisotopic (exact) mass is 199 g/mol. The molecule has 0 aromatic carbocycles. The van der Waals surface area contributed by atoms with Crippen LogP contribution >= 0.6 is 0 Å². The first-order valence-corrected chi connectivity index (χ1v) is 3.65. The minimum atomic E-state index is -0.965. The van der Waals surface area contributed by atoms with Crippen molar-refractivity contribution in [2.75, 3.05) is 13.7 Å². The SMILES string of the molecule is CCOC(=O)NC(=O)C(C#N)=NOC. The van der Waals surface area contributed by atoms with E-state index in [0.29, 0.717) is 0 Å². The van der Waals surface area contributed by atoms with E-state index in [2.05, 4.69) is 14.7 Å². The molecule has 0 aliphatic rings. The highest BCUT2D eigenvalue weighted by Gasteiger charge is 2.15. The van der Waals surface area contributed by atoms with Crippen LogP contribution in [0, 0.1) is 11.3 Å². The van der Waals surface area contributed by atoms with E-state index in [4.69, 9.17) is 5.26 Å². The number of nitrogens with zero attached hydrogens (tertiary/aromatic N) is 2. The van der Waals surface area contributed by atoms with Crippen LogP contribution < -0.4 is 5.32 Å². The van der Waals surface area contributed by atoms with Crippen LogP contribution in [0.15, 0.2) is 5.16 Å². The number of carbonyl (C=O) groups excluding carboxylic acids is 2. The Labute approximate surface area is 80.3 Å². The molecule has 0 unspecified atom stereocenters. The van der Waals surface area contributed by atoms with E-state index in [1.54, 1.807) is 12.2 Å². The van der Waals surface area contributed by atoms with Crippen molar-refractivity contribution in [2.24, 2.45) is 5.16 Å². The molecule has 0 radical (unpaired) electrons. The summed E-state index contributed by atoms with van der Waals surface area (Å²) >= 11 is 0. The van der Waals surface area contributed by atoms with E-state index >= 15 is 0 Å². The molecule has 0 aromatic rings. The molecule has 0 aliphatic heterocycles. The largest absolute Gasteiger partial charge is 0.450 e. The van der Waals surface area contributed by atoms with Crippen LogP contribution in [-0.2, 0) is 14.4 Å². The molecule has 76 valence electrons. The zero-order chi connectivity index (χ0) is 11.0. The number of nitrogens with one attached hydrogen (secondary N) is 1. The van der Waals surface area contributed by atoms with Crippen molar-refractivity contribution < 1.29 is 19.2 Å². The molecule has 0 bridgehead atoms. The summed E-state index contributed by atoms with van der Waals surface area (Å²) in [5.74, 6) is -0.965. The summed E-state index contributed by atoms with van der Waals surface area (Å²) in [6.45, 7) is 1.71. The van der Waals surface area contributed by atoms with Gasteiger partial charge in [0.2, 0.25) is 5.71 Å². The third-order valence-electron chi connectivity index (χ3n) is 0.995. The van der Waals surface area contributed by atoms with Gasteiger partial charge in [0, 0.05) is 0 Å². The first kappa shape index (κ1) is 11.9. The predicted octanol–water partition coefficient (Wildman–Crippen LogP) is -0.215. The van der Waals surface area contributed by atoms with Gasteiger partial charge in [0.05, 0.1) is 6.61 Å². The van der Waals surface area contributed by atoms with Gasteiger partial charge in [0.25, 0.3) is 5.91 Å². The Morgan fingerprint density at radius 3 is 2.64 bits per heavy atom. The number of imide groups is 1. The Balaban J connectivity index is 4.27. The normalized spacial score (nSPS) is 9.93. The summed E-state index contributed by atoms with van der Waals surface area (Å²) in [4.78, 5) is 25.9. The second-order valence-corrected chi connectivity index (χ2v) is 1.91. The van der Waals surface area contributed by atoms with Gasteiger partial charge >= 0.3 is 6.09 Å². The zero-order valence-electron chi connectivity index (χ0n) is 7.73. The highest BCUT2D eigenvalue weighted by Crippen LogP contribution is 1.82. The lowest BCUT2D eigenvalue weighted by Crippen LogP contribution is -2.36. The standard InChI is InChI=1S/C7H9N3O4/c1-3-14-7(12)9-6(11)5(4-8)10-13-2/h3H2,1-2H3,(H,9,11,12). The fourth-order valence-corrected chi connectivity index (χ4v) is 0.523. The van der Waals surface area contributed by atoms with Crippen molar-refractivity contribution in [1.29, 1.82) is 5.26 Å². The van der Waals surface area contributed by atoms with Gasteiger partial charge in [0.15, 0.2) is 0 Å². The van der Waals surface area contributed by atoms with Crippen LogP contribution in [0.4, 0.5) is 4.79 Å². The summed E-state index contributed by atoms with van der Waals surface area (Å²) < 4.78 is 4.41. The molecular formula is C7H9N3O4. The second-order valence-electron chi connectivity index (χ2n) is 1.91. The summed E-state index contributed by atoms with van der Waals surface area (Å²) in [6, 6.07) is 1.46. The highest BCUT2D eigenvalue weighted by atomic mass is 16.6. The number of hydrogen-bond acceptors (Lipinski definition) is 6. The molecule has 0 spiro atoms. The van der Waals surface area contributed by atoms with Crippen molar-refractivity contribution >= 4 is 17.7 Å². The highest BCUT2D eigenvalue weighted by molar-refractivity contribution is 6.46. The number of nitriles is 1. The van der Waals surface area contributed by atoms with Crippen molar-refractivity contribution in [3.63, 3.8) is 0 Å². The molecule has 0 fully saturated rings. The van der Waals surface area contributed by atoms with Gasteiger partial charge in [-0.2, -0.15) is 5.26 Å². The van der Waals surface area contributed by atoms with E-state index in [0.717, 1.165) is 0 Å². The zero-order valence-corrected chi connectivity index (χ0v) is 7.73. The topological polar surface area (TPSA) is 101 Å². The van der Waals surface area contributed by atoms with Crippen LogP contribution in [0.1, 0.15) is 6.92 Å². The average molecular weight is 199 g/mol. The smallest absolute Gasteiger partial charge is 0.414 e. The van der Waals surface area contributed by atoms with E-state index in [1.165, 1.54) is 13.2 Å². The quantitative estimate of drug-likeness (QED) is 0.500. The van der Waals surface area contributed by atoms with E-state index in [-0.39, 0.29) is 6.61 Å². The maximum atomic E-state index is 11.0. The van der Waals surface area contributed by atoms with Crippen molar-refractivity contribution in [2.45, 2.75) is 6.92 Å². The Morgan fingerprint density at radius 2 is 2.21 bits per heavy atom. The molecule has 1 N–H and O–H groups in total. The van der Waals surface area contributed by atoms with Gasteiger partial charge in [0.1, 0.15) is 13.2 Å². The molecule has 0 atom stereocenters. The number of oxime groups is 1. The molecule has 7 heteroatoms. The van der Waals surface area contributed by atoms with Gasteiger partial charge in [-0.05, 0) is 6.92 Å². The number of hydrogen-bond donors (Lipinski definition) is 1. The van der Waals surface area contributed by atoms with Gasteiger partial charge in [-0.25, -0.2) is 4.79 Å². The molecule has 14 heavy (non-hydrogen) atoms. The van der Waals surface area contributed by atoms with E-state index < -0.39 is 17.7 Å². The number of rotatable bonds is 3. The second kappa shape index (κ2) is 6.42. The molecule has 7 nitrogen and oxygen atoms in total. The van der Waals surface area contributed by atoms with E-state index in [9.17, 15) is 9.59 Å². The lowest BCUT2D eigenvalue weighted by atomic mass is 10.4. The van der Waals surface area contributed by atoms with Crippen LogP contribution in [0.3, 0.4) is 0 Å². The first-order valence-electron chi connectivity index (χ1n) is 3.65. The van der Waals surface area contributed by atoms with Gasteiger partial charge in [-0.1, -0.05) is 5.16 Å².